The van der Waals surface area contributed by atoms with Gasteiger partial charge in [0.25, 0.3) is 6.71 Å². The highest BCUT2D eigenvalue weighted by Crippen LogP contribution is 2.56. The number of hydrogen-bond acceptors (Lipinski definition) is 4. The Hall–Kier alpha value is -5.82. The van der Waals surface area contributed by atoms with Crippen LogP contribution in [-0.4, -0.2) is 11.3 Å². The first-order valence-electron chi connectivity index (χ1n) is 24.2. The van der Waals surface area contributed by atoms with Gasteiger partial charge in [-0.3, -0.25) is 0 Å². The van der Waals surface area contributed by atoms with Gasteiger partial charge in [0.2, 0.25) is 0 Å². The normalized spacial score (nSPS) is 14.6. The van der Waals surface area contributed by atoms with Gasteiger partial charge in [-0.15, -0.1) is 22.7 Å². The number of aryl methyl sites for hydroxylation is 1. The van der Waals surface area contributed by atoms with Crippen LogP contribution in [-0.2, 0) is 21.7 Å². The molecule has 332 valence electrons. The number of anilines is 6. The monoisotopic (exact) mass is 907 g/mol. The number of nitrogens with zero attached hydrogens (tertiary/aromatic N) is 3. The summed E-state index contributed by atoms with van der Waals surface area (Å²) in [5, 5.41) is 6.67. The lowest BCUT2D eigenvalue weighted by molar-refractivity contribution is 0.590. The fourth-order valence-electron chi connectivity index (χ4n) is 11.6. The summed E-state index contributed by atoms with van der Waals surface area (Å²) in [6.45, 7) is 30.7. The molecule has 67 heavy (non-hydrogen) atoms. The van der Waals surface area contributed by atoms with Gasteiger partial charge >= 0.3 is 0 Å². The van der Waals surface area contributed by atoms with Crippen molar-refractivity contribution in [2.45, 2.75) is 112 Å². The molecule has 0 radical (unpaired) electrons. The Morgan fingerprint density at radius 1 is 0.433 bits per heavy atom. The molecule has 0 bridgehead atoms. The molecule has 3 nitrogen and oxygen atoms in total. The van der Waals surface area contributed by atoms with Crippen molar-refractivity contribution < 1.29 is 0 Å². The molecule has 13 rings (SSSR count). The molecule has 0 aliphatic carbocycles. The second-order valence-corrected chi connectivity index (χ2v) is 26.2. The molecule has 0 amide bonds. The first-order chi connectivity index (χ1) is 31.6. The Morgan fingerprint density at radius 3 is 1.75 bits per heavy atom. The number of aromatic nitrogens is 1. The zero-order chi connectivity index (χ0) is 46.6. The Kier molecular flexibility index (Phi) is 8.18. The van der Waals surface area contributed by atoms with Crippen molar-refractivity contribution in [3.63, 3.8) is 0 Å². The van der Waals surface area contributed by atoms with Crippen molar-refractivity contribution in [1.29, 1.82) is 0 Å². The molecular weight excluding hydrogens is 850 g/mol. The molecule has 6 heterocycles. The molecule has 0 saturated heterocycles. The molecular formula is C61H58BN3S2. The maximum absolute atomic E-state index is 2.71. The number of thiophene rings is 2. The zero-order valence-electron chi connectivity index (χ0n) is 41.2. The van der Waals surface area contributed by atoms with Crippen LogP contribution in [0.25, 0.3) is 57.8 Å². The standard InChI is InChI=1S/C61H58BN3S2/c1-33-24-46-53-47(25-33)65-48-30-36(60(8,9)10)28-42-41-26-34(58(2,3)4)18-22-45(41)64(54(42)48)49-31-37(61(11,12)13)29-44(56(49)65)62(53)57-55(43-27-35(59(5,6)7)19-23-51(43)67-57)63(46)38-20-21-40-39-16-14-15-17-50(39)66-52(40)32-38/h14-32H,1-13H3. The van der Waals surface area contributed by atoms with Crippen molar-refractivity contribution in [3.8, 4) is 5.69 Å². The molecule has 0 fully saturated rings. The van der Waals surface area contributed by atoms with Gasteiger partial charge < -0.3 is 14.4 Å². The molecule has 0 N–H and O–H groups in total. The van der Waals surface area contributed by atoms with Gasteiger partial charge in [-0.25, -0.2) is 0 Å². The molecule has 0 unspecified atom stereocenters. The van der Waals surface area contributed by atoms with Crippen LogP contribution in [0.15, 0.2) is 115 Å². The Balaban J connectivity index is 1.20. The van der Waals surface area contributed by atoms with Gasteiger partial charge in [-0.2, -0.15) is 0 Å². The number of fused-ring (bicyclic) bond motifs is 14. The van der Waals surface area contributed by atoms with Crippen LogP contribution < -0.4 is 25.5 Å². The summed E-state index contributed by atoms with van der Waals surface area (Å²) in [5.74, 6) is 0. The fourth-order valence-corrected chi connectivity index (χ4v) is 14.1. The summed E-state index contributed by atoms with van der Waals surface area (Å²) in [5.41, 5.74) is 21.0. The molecule has 10 aromatic rings. The van der Waals surface area contributed by atoms with E-state index in [1.54, 1.807) is 0 Å². The lowest BCUT2D eigenvalue weighted by atomic mass is 9.35. The largest absolute Gasteiger partial charge is 0.310 e. The van der Waals surface area contributed by atoms with E-state index >= 15 is 0 Å². The molecule has 3 aromatic heterocycles. The average molecular weight is 908 g/mol. The van der Waals surface area contributed by atoms with E-state index in [0.29, 0.717) is 0 Å². The van der Waals surface area contributed by atoms with Crippen LogP contribution in [0.5, 0.6) is 0 Å². The van der Waals surface area contributed by atoms with Crippen molar-refractivity contribution in [1.82, 2.24) is 4.57 Å². The number of hydrogen-bond donors (Lipinski definition) is 0. The topological polar surface area (TPSA) is 11.4 Å². The van der Waals surface area contributed by atoms with E-state index in [0.717, 1.165) is 0 Å². The van der Waals surface area contributed by atoms with Crippen molar-refractivity contribution >= 4 is 131 Å². The van der Waals surface area contributed by atoms with E-state index in [-0.39, 0.29) is 28.4 Å². The lowest BCUT2D eigenvalue weighted by Crippen LogP contribution is -2.61. The van der Waals surface area contributed by atoms with Crippen LogP contribution >= 0.6 is 22.7 Å². The molecule has 0 spiro atoms. The first kappa shape index (κ1) is 41.4. The van der Waals surface area contributed by atoms with Crippen LogP contribution in [0.2, 0.25) is 0 Å². The van der Waals surface area contributed by atoms with E-state index in [9.17, 15) is 0 Å². The smallest absolute Gasteiger partial charge is 0.264 e. The fraction of sp³-hybridized carbons (Fsp3) is 0.279. The lowest BCUT2D eigenvalue weighted by Gasteiger charge is -2.46. The summed E-state index contributed by atoms with van der Waals surface area (Å²) >= 11 is 3.91. The van der Waals surface area contributed by atoms with E-state index in [2.05, 4.69) is 220 Å². The second kappa shape index (κ2) is 13.2. The summed E-state index contributed by atoms with van der Waals surface area (Å²) in [6.07, 6.45) is 0. The van der Waals surface area contributed by atoms with Gasteiger partial charge in [-0.1, -0.05) is 126 Å². The SMILES string of the molecule is Cc1cc2c3c(c1)N1c4c(cc(C(C)(C)C)cc4-n4c5ccc(C(C)(C)C)cc5c5cc(C(C)(C)C)cc1c54)B3c1sc3ccc(C(C)(C)C)cc3c1N2c1ccc2c(c1)sc1ccccc12. The summed E-state index contributed by atoms with van der Waals surface area (Å²) in [4.78, 5) is 5.38. The molecule has 7 aromatic carbocycles. The maximum Gasteiger partial charge on any atom is 0.264 e. The number of benzene rings is 7. The third-order valence-electron chi connectivity index (χ3n) is 15.3. The van der Waals surface area contributed by atoms with E-state index in [1.807, 2.05) is 22.7 Å². The highest BCUT2D eigenvalue weighted by molar-refractivity contribution is 7.33. The Bertz CT molecular complexity index is 3830. The highest BCUT2D eigenvalue weighted by Gasteiger charge is 2.48. The molecule has 0 atom stereocenters. The van der Waals surface area contributed by atoms with Crippen LogP contribution in [0.4, 0.5) is 34.1 Å². The van der Waals surface area contributed by atoms with Gasteiger partial charge in [0.05, 0.1) is 33.8 Å². The quantitative estimate of drug-likeness (QED) is 0.152. The van der Waals surface area contributed by atoms with Gasteiger partial charge in [-0.05, 0) is 140 Å². The zero-order valence-corrected chi connectivity index (χ0v) is 42.8. The first-order valence-corrected chi connectivity index (χ1v) is 25.8. The van der Waals surface area contributed by atoms with Crippen LogP contribution in [0.1, 0.15) is 111 Å². The Labute approximate surface area is 403 Å². The van der Waals surface area contributed by atoms with Gasteiger partial charge in [0.15, 0.2) is 0 Å². The van der Waals surface area contributed by atoms with Crippen LogP contribution in [0, 0.1) is 6.92 Å². The van der Waals surface area contributed by atoms with E-state index in [4.69, 9.17) is 0 Å². The third kappa shape index (κ3) is 5.75. The summed E-state index contributed by atoms with van der Waals surface area (Å²) in [6, 6.07) is 46.0. The summed E-state index contributed by atoms with van der Waals surface area (Å²) < 4.78 is 8.08. The van der Waals surface area contributed by atoms with E-state index < -0.39 is 0 Å². The average Bonchev–Trinajstić information content (AvgIpc) is 3.93. The minimum atomic E-state index is -0.0877. The minimum Gasteiger partial charge on any atom is -0.310 e. The maximum atomic E-state index is 2.71. The van der Waals surface area contributed by atoms with Crippen molar-refractivity contribution in [3.05, 3.63) is 143 Å². The molecule has 3 aliphatic heterocycles. The predicted octanol–water partition coefficient (Wildman–Crippen LogP) is 16.3. The van der Waals surface area contributed by atoms with Gasteiger partial charge in [0, 0.05) is 62.9 Å². The highest BCUT2D eigenvalue weighted by atomic mass is 32.1. The summed E-state index contributed by atoms with van der Waals surface area (Å²) in [7, 11) is 0. The van der Waals surface area contributed by atoms with Gasteiger partial charge in [0.1, 0.15) is 0 Å². The third-order valence-corrected chi connectivity index (χ3v) is 17.6. The minimum absolute atomic E-state index is 0.00340. The van der Waals surface area contributed by atoms with Crippen molar-refractivity contribution in [2.24, 2.45) is 0 Å². The predicted molar refractivity (Wildman–Crippen MR) is 296 cm³/mol. The van der Waals surface area contributed by atoms with Crippen LogP contribution in [0.3, 0.4) is 0 Å². The molecule has 6 heteroatoms. The number of rotatable bonds is 1. The van der Waals surface area contributed by atoms with E-state index in [1.165, 1.54) is 135 Å². The Morgan fingerprint density at radius 2 is 1.03 bits per heavy atom. The second-order valence-electron chi connectivity index (χ2n) is 24.0. The molecule has 3 aliphatic rings. The molecule has 0 saturated carbocycles. The van der Waals surface area contributed by atoms with Crippen molar-refractivity contribution in [2.75, 3.05) is 9.80 Å².